The highest BCUT2D eigenvalue weighted by molar-refractivity contribution is 5.20. The number of nitrogens with zero attached hydrogens (tertiary/aromatic N) is 1. The second kappa shape index (κ2) is 9.14. The van der Waals surface area contributed by atoms with Crippen LogP contribution in [0.4, 0.5) is 0 Å². The molecule has 0 aromatic heterocycles. The van der Waals surface area contributed by atoms with Gasteiger partial charge in [0.15, 0.2) is 0 Å². The first kappa shape index (κ1) is 18.1. The third-order valence-electron chi connectivity index (χ3n) is 5.45. The Morgan fingerprint density at radius 1 is 1.04 bits per heavy atom. The van der Waals surface area contributed by atoms with Crippen LogP contribution in [0.5, 0.6) is 0 Å². The molecule has 0 spiro atoms. The summed E-state index contributed by atoms with van der Waals surface area (Å²) in [6.07, 6.45) is 2.01. The molecule has 3 nitrogen and oxygen atoms in total. The van der Waals surface area contributed by atoms with Crippen LogP contribution < -0.4 is 5.32 Å². The van der Waals surface area contributed by atoms with E-state index >= 15 is 0 Å². The van der Waals surface area contributed by atoms with E-state index in [4.69, 9.17) is 0 Å². The fourth-order valence-electron chi connectivity index (χ4n) is 3.82. The van der Waals surface area contributed by atoms with Gasteiger partial charge in [-0.15, -0.1) is 0 Å². The fourth-order valence-corrected chi connectivity index (χ4v) is 3.82. The summed E-state index contributed by atoms with van der Waals surface area (Å²) in [5.41, 5.74) is 2.71. The van der Waals surface area contributed by atoms with Crippen LogP contribution in [0.2, 0.25) is 0 Å². The van der Waals surface area contributed by atoms with Gasteiger partial charge in [0.1, 0.15) is 0 Å². The van der Waals surface area contributed by atoms with Crippen molar-refractivity contribution in [1.29, 1.82) is 0 Å². The minimum absolute atomic E-state index is 0.239. The Labute approximate surface area is 151 Å². The van der Waals surface area contributed by atoms with Gasteiger partial charge in [0.2, 0.25) is 0 Å². The molecule has 3 rings (SSSR count). The Hall–Kier alpha value is -1.68. The predicted octanol–water partition coefficient (Wildman–Crippen LogP) is 3.58. The second-order valence-electron chi connectivity index (χ2n) is 7.10. The topological polar surface area (TPSA) is 35.5 Å². The lowest BCUT2D eigenvalue weighted by atomic mass is 9.95. The van der Waals surface area contributed by atoms with Gasteiger partial charge in [-0.25, -0.2) is 0 Å². The number of benzene rings is 2. The monoisotopic (exact) mass is 338 g/mol. The number of likely N-dealkylation sites (tertiary alicyclic amines) is 1. The van der Waals surface area contributed by atoms with E-state index in [0.717, 1.165) is 26.1 Å². The number of aliphatic hydroxyl groups excluding tert-OH is 1. The smallest absolute Gasteiger partial charge is 0.0437 e. The van der Waals surface area contributed by atoms with Crippen molar-refractivity contribution in [3.63, 3.8) is 0 Å². The lowest BCUT2D eigenvalue weighted by molar-refractivity contribution is 0.252. The molecule has 25 heavy (non-hydrogen) atoms. The summed E-state index contributed by atoms with van der Waals surface area (Å²) in [6.45, 7) is 5.71. The average molecular weight is 338 g/mol. The van der Waals surface area contributed by atoms with Gasteiger partial charge in [0.05, 0.1) is 0 Å². The van der Waals surface area contributed by atoms with E-state index in [1.807, 2.05) is 6.07 Å². The number of hydrogen-bond donors (Lipinski definition) is 2. The SMILES string of the molecule is CC(c1ccccc1)N1CCC(NCC(CCO)c2ccccc2)C1. The molecular weight excluding hydrogens is 308 g/mol. The van der Waals surface area contributed by atoms with Crippen molar-refractivity contribution in [3.05, 3.63) is 71.8 Å². The Balaban J connectivity index is 1.52. The molecule has 3 atom stereocenters. The molecule has 3 unspecified atom stereocenters. The molecule has 3 heteroatoms. The first-order valence-corrected chi connectivity index (χ1v) is 9.46. The van der Waals surface area contributed by atoms with Crippen LogP contribution in [-0.4, -0.2) is 42.3 Å². The maximum absolute atomic E-state index is 9.39. The van der Waals surface area contributed by atoms with Crippen molar-refractivity contribution in [3.8, 4) is 0 Å². The molecule has 1 saturated heterocycles. The van der Waals surface area contributed by atoms with Crippen LogP contribution in [0.1, 0.15) is 42.9 Å². The van der Waals surface area contributed by atoms with Gasteiger partial charge in [-0.1, -0.05) is 60.7 Å². The zero-order valence-corrected chi connectivity index (χ0v) is 15.1. The van der Waals surface area contributed by atoms with E-state index in [9.17, 15) is 5.11 Å². The second-order valence-corrected chi connectivity index (χ2v) is 7.10. The molecule has 2 aromatic rings. The Kier molecular flexibility index (Phi) is 6.62. The molecule has 1 aliphatic heterocycles. The third-order valence-corrected chi connectivity index (χ3v) is 5.45. The van der Waals surface area contributed by atoms with Crippen LogP contribution >= 0.6 is 0 Å². The van der Waals surface area contributed by atoms with Gasteiger partial charge in [0, 0.05) is 38.3 Å². The summed E-state index contributed by atoms with van der Waals surface area (Å²) in [4.78, 5) is 2.57. The maximum atomic E-state index is 9.39. The molecule has 0 radical (unpaired) electrons. The lowest BCUT2D eigenvalue weighted by Gasteiger charge is -2.25. The van der Waals surface area contributed by atoms with Crippen molar-refractivity contribution in [2.24, 2.45) is 0 Å². The van der Waals surface area contributed by atoms with Crippen LogP contribution in [0.3, 0.4) is 0 Å². The molecule has 0 aliphatic carbocycles. The van der Waals surface area contributed by atoms with Crippen molar-refractivity contribution >= 4 is 0 Å². The van der Waals surface area contributed by atoms with Crippen molar-refractivity contribution in [2.75, 3.05) is 26.2 Å². The molecule has 1 fully saturated rings. The van der Waals surface area contributed by atoms with Gasteiger partial charge >= 0.3 is 0 Å². The highest BCUT2D eigenvalue weighted by Crippen LogP contribution is 2.25. The summed E-state index contributed by atoms with van der Waals surface area (Å²) >= 11 is 0. The number of rotatable bonds is 8. The summed E-state index contributed by atoms with van der Waals surface area (Å²) in [7, 11) is 0. The standard InChI is InChI=1S/C22H30N2O/c1-18(19-8-4-2-5-9-19)24-14-12-22(17-24)23-16-21(13-15-25)20-10-6-3-7-11-20/h2-11,18,21-23,25H,12-17H2,1H3. The van der Waals surface area contributed by atoms with E-state index in [1.165, 1.54) is 17.5 Å². The fraction of sp³-hybridized carbons (Fsp3) is 0.455. The zero-order chi connectivity index (χ0) is 17.5. The van der Waals surface area contributed by atoms with E-state index in [2.05, 4.69) is 71.7 Å². The van der Waals surface area contributed by atoms with Crippen LogP contribution in [0.25, 0.3) is 0 Å². The molecule has 1 aliphatic rings. The molecule has 0 amide bonds. The number of nitrogens with one attached hydrogen (secondary N) is 1. The van der Waals surface area contributed by atoms with Crippen molar-refractivity contribution in [2.45, 2.75) is 37.8 Å². The van der Waals surface area contributed by atoms with E-state index in [1.54, 1.807) is 0 Å². The summed E-state index contributed by atoms with van der Waals surface area (Å²) in [5, 5.41) is 13.1. The molecule has 2 aromatic carbocycles. The van der Waals surface area contributed by atoms with Gasteiger partial charge < -0.3 is 10.4 Å². The molecule has 1 heterocycles. The molecule has 2 N–H and O–H groups in total. The maximum Gasteiger partial charge on any atom is 0.0437 e. The first-order chi connectivity index (χ1) is 12.3. The summed E-state index contributed by atoms with van der Waals surface area (Å²) < 4.78 is 0. The molecule has 0 saturated carbocycles. The predicted molar refractivity (Wildman–Crippen MR) is 104 cm³/mol. The Morgan fingerprint density at radius 2 is 1.68 bits per heavy atom. The highest BCUT2D eigenvalue weighted by atomic mass is 16.3. The van der Waals surface area contributed by atoms with Gasteiger partial charge in [-0.05, 0) is 36.8 Å². The summed E-state index contributed by atoms with van der Waals surface area (Å²) in [6, 6.07) is 22.3. The Morgan fingerprint density at radius 3 is 2.32 bits per heavy atom. The quantitative estimate of drug-likeness (QED) is 0.772. The lowest BCUT2D eigenvalue weighted by Crippen LogP contribution is -2.36. The van der Waals surface area contributed by atoms with E-state index < -0.39 is 0 Å². The molecule has 0 bridgehead atoms. The van der Waals surface area contributed by atoms with Gasteiger partial charge in [-0.2, -0.15) is 0 Å². The van der Waals surface area contributed by atoms with Gasteiger partial charge in [-0.3, -0.25) is 4.90 Å². The number of aliphatic hydroxyl groups is 1. The van der Waals surface area contributed by atoms with E-state index in [-0.39, 0.29) is 6.61 Å². The normalized spacial score (nSPS) is 20.5. The Bertz CT molecular complexity index is 616. The molecule has 134 valence electrons. The average Bonchev–Trinajstić information content (AvgIpc) is 3.15. The first-order valence-electron chi connectivity index (χ1n) is 9.46. The van der Waals surface area contributed by atoms with E-state index in [0.29, 0.717) is 18.0 Å². The highest BCUT2D eigenvalue weighted by Gasteiger charge is 2.27. The molecular formula is C22H30N2O. The minimum atomic E-state index is 0.239. The van der Waals surface area contributed by atoms with Crippen LogP contribution in [0, 0.1) is 0 Å². The van der Waals surface area contributed by atoms with Gasteiger partial charge in [0.25, 0.3) is 0 Å². The van der Waals surface area contributed by atoms with Crippen LogP contribution in [-0.2, 0) is 0 Å². The summed E-state index contributed by atoms with van der Waals surface area (Å²) in [5.74, 6) is 0.381. The largest absolute Gasteiger partial charge is 0.396 e. The minimum Gasteiger partial charge on any atom is -0.396 e. The van der Waals surface area contributed by atoms with Crippen molar-refractivity contribution in [1.82, 2.24) is 10.2 Å². The number of hydrogen-bond acceptors (Lipinski definition) is 3. The third kappa shape index (κ3) is 4.91. The van der Waals surface area contributed by atoms with Crippen LogP contribution in [0.15, 0.2) is 60.7 Å². The van der Waals surface area contributed by atoms with Crippen molar-refractivity contribution < 1.29 is 5.11 Å². The zero-order valence-electron chi connectivity index (χ0n) is 15.1.